The van der Waals surface area contributed by atoms with Crippen molar-refractivity contribution in [2.45, 2.75) is 26.8 Å². The molecule has 0 saturated carbocycles. The third-order valence-corrected chi connectivity index (χ3v) is 3.16. The average Bonchev–Trinajstić information content (AvgIpc) is 2.44. The number of aromatic hydroxyl groups is 1. The van der Waals surface area contributed by atoms with Gasteiger partial charge in [0.1, 0.15) is 11.6 Å². The number of halogens is 1. The summed E-state index contributed by atoms with van der Waals surface area (Å²) < 4.78 is 20.7. The first-order chi connectivity index (χ1) is 9.92. The van der Waals surface area contributed by atoms with Crippen molar-refractivity contribution in [3.8, 4) is 17.6 Å². The van der Waals surface area contributed by atoms with Crippen molar-refractivity contribution >= 4 is 10.9 Å². The molecule has 2 rings (SSSR count). The number of rotatable bonds is 3. The number of aromatic nitrogens is 1. The van der Waals surface area contributed by atoms with Crippen molar-refractivity contribution in [3.05, 3.63) is 33.9 Å². The van der Waals surface area contributed by atoms with E-state index in [0.29, 0.717) is 0 Å². The summed E-state index contributed by atoms with van der Waals surface area (Å²) >= 11 is 0. The number of nitrogens with zero attached hydrogens (tertiary/aromatic N) is 2. The predicted octanol–water partition coefficient (Wildman–Crippen LogP) is 2.70. The highest BCUT2D eigenvalue weighted by molar-refractivity contribution is 5.88. The van der Waals surface area contributed by atoms with Crippen LogP contribution >= 0.6 is 0 Å². The Kier molecular flexibility index (Phi) is 3.85. The summed E-state index contributed by atoms with van der Waals surface area (Å²) in [6, 6.07) is 2.66. The fourth-order valence-electron chi connectivity index (χ4n) is 2.22. The molecule has 0 amide bonds. The van der Waals surface area contributed by atoms with E-state index in [1.807, 2.05) is 13.8 Å². The van der Waals surface area contributed by atoms with Gasteiger partial charge in [-0.1, -0.05) is 0 Å². The lowest BCUT2D eigenvalue weighted by molar-refractivity contribution is 0.301. The second-order valence-electron chi connectivity index (χ2n) is 4.85. The smallest absolute Gasteiger partial charge is 0.207 e. The minimum atomic E-state index is -0.829. The van der Waals surface area contributed by atoms with E-state index in [-0.39, 0.29) is 34.9 Å². The van der Waals surface area contributed by atoms with E-state index >= 15 is 0 Å². The van der Waals surface area contributed by atoms with Crippen LogP contribution in [-0.2, 0) is 0 Å². The highest BCUT2D eigenvalue weighted by atomic mass is 19.1. The van der Waals surface area contributed by atoms with Gasteiger partial charge < -0.3 is 14.4 Å². The van der Waals surface area contributed by atoms with E-state index < -0.39 is 17.0 Å². The summed E-state index contributed by atoms with van der Waals surface area (Å²) in [5.74, 6) is -1.55. The number of benzene rings is 1. The lowest BCUT2D eigenvalue weighted by Crippen LogP contribution is -2.15. The number of ether oxygens (including phenoxy) is 1. The Bertz CT molecular complexity index is 803. The second-order valence-corrected chi connectivity index (χ2v) is 4.85. The Hall–Kier alpha value is -2.55. The van der Waals surface area contributed by atoms with Gasteiger partial charge in [0.15, 0.2) is 17.3 Å². The number of pyridine rings is 1. The summed E-state index contributed by atoms with van der Waals surface area (Å²) in [5.41, 5.74) is -0.542. The molecule has 0 radical (unpaired) electrons. The Morgan fingerprint density at radius 1 is 1.52 bits per heavy atom. The van der Waals surface area contributed by atoms with Crippen LogP contribution in [0.3, 0.4) is 0 Å². The fourth-order valence-corrected chi connectivity index (χ4v) is 2.22. The van der Waals surface area contributed by atoms with Gasteiger partial charge in [-0.25, -0.2) is 4.39 Å². The van der Waals surface area contributed by atoms with Gasteiger partial charge in [-0.05, 0) is 26.8 Å². The van der Waals surface area contributed by atoms with Gasteiger partial charge in [0.25, 0.3) is 0 Å². The molecule has 0 fully saturated rings. The SMILES string of the molecule is CCOc1c(F)cc2c(=O)c(C#N)cn(C(C)C)c2c1O. The van der Waals surface area contributed by atoms with E-state index in [2.05, 4.69) is 0 Å². The molecule has 1 N–H and O–H groups in total. The number of hydrogen-bond acceptors (Lipinski definition) is 4. The normalized spacial score (nSPS) is 10.9. The van der Waals surface area contributed by atoms with Crippen LogP contribution in [0, 0.1) is 17.1 Å². The van der Waals surface area contributed by atoms with Crippen LogP contribution < -0.4 is 10.2 Å². The van der Waals surface area contributed by atoms with E-state index in [0.717, 1.165) is 6.07 Å². The van der Waals surface area contributed by atoms with E-state index in [1.165, 1.54) is 6.20 Å². The molecular formula is C15H15FN2O3. The molecule has 0 aliphatic heterocycles. The first-order valence-electron chi connectivity index (χ1n) is 6.55. The van der Waals surface area contributed by atoms with Crippen molar-refractivity contribution in [2.24, 2.45) is 0 Å². The maximum atomic E-state index is 14.0. The monoisotopic (exact) mass is 290 g/mol. The maximum absolute atomic E-state index is 14.0. The van der Waals surface area contributed by atoms with Crippen LogP contribution in [0.2, 0.25) is 0 Å². The van der Waals surface area contributed by atoms with Gasteiger partial charge in [0, 0.05) is 12.2 Å². The highest BCUT2D eigenvalue weighted by Crippen LogP contribution is 2.37. The zero-order valence-electron chi connectivity index (χ0n) is 12.0. The summed E-state index contributed by atoms with van der Waals surface area (Å²) in [7, 11) is 0. The number of phenols is 1. The van der Waals surface area contributed by atoms with Crippen LogP contribution in [0.4, 0.5) is 4.39 Å². The molecule has 5 nitrogen and oxygen atoms in total. The topological polar surface area (TPSA) is 75.2 Å². The minimum absolute atomic E-state index is 0.0406. The van der Waals surface area contributed by atoms with Crippen molar-refractivity contribution in [1.82, 2.24) is 4.57 Å². The van der Waals surface area contributed by atoms with Crippen LogP contribution in [0.5, 0.6) is 11.5 Å². The molecule has 0 aliphatic carbocycles. The number of phenolic OH excluding ortho intramolecular Hbond substituents is 1. The molecule has 1 aromatic carbocycles. The van der Waals surface area contributed by atoms with Gasteiger partial charge in [-0.15, -0.1) is 0 Å². The third-order valence-electron chi connectivity index (χ3n) is 3.16. The number of hydrogen-bond donors (Lipinski definition) is 1. The molecule has 0 unspecified atom stereocenters. The molecule has 0 aliphatic rings. The third kappa shape index (κ3) is 2.31. The summed E-state index contributed by atoms with van der Waals surface area (Å²) in [6.07, 6.45) is 1.36. The van der Waals surface area contributed by atoms with Gasteiger partial charge in [0.05, 0.1) is 17.5 Å². The van der Waals surface area contributed by atoms with Gasteiger partial charge >= 0.3 is 0 Å². The standard InChI is InChI=1S/C15H15FN2O3/c1-4-21-15-11(16)5-10-12(14(15)20)18(8(2)3)7-9(6-17)13(10)19/h5,7-8,20H,4H2,1-3H3. The van der Waals surface area contributed by atoms with Crippen LogP contribution in [0.25, 0.3) is 10.9 Å². The quantitative estimate of drug-likeness (QED) is 0.943. The molecular weight excluding hydrogens is 275 g/mol. The lowest BCUT2D eigenvalue weighted by atomic mass is 10.1. The van der Waals surface area contributed by atoms with E-state index in [9.17, 15) is 14.3 Å². The minimum Gasteiger partial charge on any atom is -0.503 e. The van der Waals surface area contributed by atoms with Crippen molar-refractivity contribution in [2.75, 3.05) is 6.61 Å². The first-order valence-corrected chi connectivity index (χ1v) is 6.55. The van der Waals surface area contributed by atoms with Crippen molar-refractivity contribution in [3.63, 3.8) is 0 Å². The number of fused-ring (bicyclic) bond motifs is 1. The molecule has 1 aromatic heterocycles. The van der Waals surface area contributed by atoms with E-state index in [1.54, 1.807) is 17.6 Å². The van der Waals surface area contributed by atoms with E-state index in [4.69, 9.17) is 10.00 Å². The average molecular weight is 290 g/mol. The molecule has 21 heavy (non-hydrogen) atoms. The van der Waals surface area contributed by atoms with Crippen molar-refractivity contribution in [1.29, 1.82) is 5.26 Å². The molecule has 2 aromatic rings. The molecule has 0 saturated heterocycles. The summed E-state index contributed by atoms with van der Waals surface area (Å²) in [5, 5.41) is 19.2. The Balaban J connectivity index is 3.02. The largest absolute Gasteiger partial charge is 0.503 e. The predicted molar refractivity (Wildman–Crippen MR) is 76.1 cm³/mol. The van der Waals surface area contributed by atoms with Crippen LogP contribution in [0.1, 0.15) is 32.4 Å². The lowest BCUT2D eigenvalue weighted by Gasteiger charge is -2.18. The summed E-state index contributed by atoms with van der Waals surface area (Å²) in [6.45, 7) is 5.50. The summed E-state index contributed by atoms with van der Waals surface area (Å²) in [4.78, 5) is 12.2. The zero-order chi connectivity index (χ0) is 15.7. The van der Waals surface area contributed by atoms with Gasteiger partial charge in [-0.2, -0.15) is 5.26 Å². The number of nitriles is 1. The van der Waals surface area contributed by atoms with Gasteiger partial charge in [0.2, 0.25) is 5.43 Å². The molecule has 110 valence electrons. The van der Waals surface area contributed by atoms with Crippen LogP contribution in [0.15, 0.2) is 17.1 Å². The zero-order valence-corrected chi connectivity index (χ0v) is 12.0. The molecule has 6 heteroatoms. The van der Waals surface area contributed by atoms with Crippen LogP contribution in [-0.4, -0.2) is 16.3 Å². The Morgan fingerprint density at radius 2 is 2.19 bits per heavy atom. The Morgan fingerprint density at radius 3 is 2.71 bits per heavy atom. The molecule has 0 bridgehead atoms. The molecule has 0 spiro atoms. The van der Waals surface area contributed by atoms with Crippen molar-refractivity contribution < 1.29 is 14.2 Å². The first kappa shape index (κ1) is 14.9. The molecule has 0 atom stereocenters. The Labute approximate surface area is 120 Å². The maximum Gasteiger partial charge on any atom is 0.207 e. The molecule has 1 heterocycles. The fraction of sp³-hybridized carbons (Fsp3) is 0.333. The highest BCUT2D eigenvalue weighted by Gasteiger charge is 2.21. The van der Waals surface area contributed by atoms with Gasteiger partial charge in [-0.3, -0.25) is 4.79 Å². The second kappa shape index (κ2) is 5.44.